The smallest absolute Gasteiger partial charge is 0.223 e. The van der Waals surface area contributed by atoms with E-state index in [1.165, 1.54) is 0 Å². The van der Waals surface area contributed by atoms with Crippen LogP contribution in [-0.2, 0) is 17.8 Å². The first kappa shape index (κ1) is 22.2. The summed E-state index contributed by atoms with van der Waals surface area (Å²) in [5, 5.41) is 4.84. The molecule has 1 fully saturated rings. The number of hydrogen-bond acceptors (Lipinski definition) is 7. The molecule has 5 rings (SSSR count). The fourth-order valence-electron chi connectivity index (χ4n) is 4.11. The predicted octanol–water partition coefficient (Wildman–Crippen LogP) is 4.16. The van der Waals surface area contributed by atoms with Crippen LogP contribution in [0.4, 0.5) is 11.8 Å². The van der Waals surface area contributed by atoms with Crippen molar-refractivity contribution < 1.29 is 9.21 Å². The average Bonchev–Trinajstić information content (AvgIpc) is 3.40. The fraction of sp³-hybridized carbons (Fsp3) is 0.280. The maximum Gasteiger partial charge on any atom is 0.223 e. The summed E-state index contributed by atoms with van der Waals surface area (Å²) in [6.45, 7) is 3.29. The predicted molar refractivity (Wildman–Crippen MR) is 132 cm³/mol. The van der Waals surface area contributed by atoms with Gasteiger partial charge in [0, 0.05) is 63.0 Å². The molecule has 4 heterocycles. The van der Waals surface area contributed by atoms with E-state index in [0.717, 1.165) is 28.0 Å². The number of anilines is 2. The summed E-state index contributed by atoms with van der Waals surface area (Å²) in [4.78, 5) is 30.4. The van der Waals surface area contributed by atoms with Gasteiger partial charge in [0.05, 0.1) is 17.2 Å². The fourth-order valence-corrected chi connectivity index (χ4v) is 4.31. The van der Waals surface area contributed by atoms with Crippen LogP contribution in [0.5, 0.6) is 0 Å². The van der Waals surface area contributed by atoms with Crippen LogP contribution in [0, 0.1) is 0 Å². The molecule has 0 saturated carbocycles. The van der Waals surface area contributed by atoms with E-state index >= 15 is 0 Å². The molecule has 1 N–H and O–H groups in total. The molecule has 174 valence electrons. The van der Waals surface area contributed by atoms with Gasteiger partial charge in [0.15, 0.2) is 0 Å². The van der Waals surface area contributed by atoms with E-state index in [-0.39, 0.29) is 5.91 Å². The van der Waals surface area contributed by atoms with Gasteiger partial charge in [0.25, 0.3) is 0 Å². The summed E-state index contributed by atoms with van der Waals surface area (Å²) in [6.07, 6.45) is 6.29. The van der Waals surface area contributed by atoms with Gasteiger partial charge in [-0.1, -0.05) is 29.8 Å². The highest BCUT2D eigenvalue weighted by atomic mass is 35.5. The summed E-state index contributed by atoms with van der Waals surface area (Å²) in [5.74, 6) is 2.38. The normalized spacial score (nSPS) is 13.9. The number of carbonyl (C=O) groups is 1. The molecule has 34 heavy (non-hydrogen) atoms. The number of fused-ring (bicyclic) bond motifs is 1. The number of benzene rings is 1. The second-order valence-corrected chi connectivity index (χ2v) is 8.56. The third-order valence-corrected chi connectivity index (χ3v) is 6.35. The summed E-state index contributed by atoms with van der Waals surface area (Å²) in [5.41, 5.74) is 1.80. The van der Waals surface area contributed by atoms with Crippen LogP contribution in [0.1, 0.15) is 17.7 Å². The monoisotopic (exact) mass is 476 g/mol. The van der Waals surface area contributed by atoms with Gasteiger partial charge in [-0.15, -0.1) is 0 Å². The molecule has 0 spiro atoms. The Balaban J connectivity index is 1.22. The topological polar surface area (TPSA) is 87.4 Å². The first-order valence-electron chi connectivity index (χ1n) is 11.3. The van der Waals surface area contributed by atoms with Crippen molar-refractivity contribution in [2.24, 2.45) is 0 Å². The molecule has 4 aromatic rings. The Hall–Kier alpha value is -3.65. The van der Waals surface area contributed by atoms with Gasteiger partial charge in [0.1, 0.15) is 11.6 Å². The first-order chi connectivity index (χ1) is 16.7. The second kappa shape index (κ2) is 10.1. The number of pyridine rings is 1. The Morgan fingerprint density at radius 2 is 1.91 bits per heavy atom. The molecule has 0 bridgehead atoms. The zero-order valence-electron chi connectivity index (χ0n) is 18.7. The van der Waals surface area contributed by atoms with Crippen molar-refractivity contribution in [2.45, 2.75) is 19.4 Å². The van der Waals surface area contributed by atoms with E-state index < -0.39 is 0 Å². The summed E-state index contributed by atoms with van der Waals surface area (Å²) < 4.78 is 5.33. The summed E-state index contributed by atoms with van der Waals surface area (Å²) in [7, 11) is 0. The lowest BCUT2D eigenvalue weighted by molar-refractivity contribution is -0.131. The molecule has 8 nitrogen and oxygen atoms in total. The Labute approximate surface area is 202 Å². The number of carbonyl (C=O) groups excluding carboxylic acids is 1. The molecular formula is C25H25ClN6O2. The van der Waals surface area contributed by atoms with Crippen molar-refractivity contribution >= 4 is 40.2 Å². The van der Waals surface area contributed by atoms with Crippen molar-refractivity contribution in [1.29, 1.82) is 0 Å². The van der Waals surface area contributed by atoms with E-state index in [9.17, 15) is 4.79 Å². The molecule has 1 amide bonds. The van der Waals surface area contributed by atoms with Crippen molar-refractivity contribution in [3.8, 4) is 0 Å². The second-order valence-electron chi connectivity index (χ2n) is 8.15. The molecule has 9 heteroatoms. The minimum Gasteiger partial charge on any atom is -0.469 e. The Morgan fingerprint density at radius 1 is 1.06 bits per heavy atom. The lowest BCUT2D eigenvalue weighted by atomic mass is 10.2. The number of furan rings is 1. The van der Waals surface area contributed by atoms with Gasteiger partial charge in [-0.2, -0.15) is 0 Å². The highest BCUT2D eigenvalue weighted by molar-refractivity contribution is 6.31. The number of amides is 1. The van der Waals surface area contributed by atoms with E-state index in [1.54, 1.807) is 18.7 Å². The molecule has 0 atom stereocenters. The lowest BCUT2D eigenvalue weighted by Gasteiger charge is -2.35. The van der Waals surface area contributed by atoms with Crippen molar-refractivity contribution in [2.75, 3.05) is 36.4 Å². The third kappa shape index (κ3) is 4.97. The molecule has 3 aromatic heterocycles. The van der Waals surface area contributed by atoms with E-state index in [2.05, 4.69) is 25.2 Å². The number of piperazine rings is 1. The summed E-state index contributed by atoms with van der Waals surface area (Å²) >= 11 is 6.24. The zero-order chi connectivity index (χ0) is 23.3. The Kier molecular flexibility index (Phi) is 6.58. The van der Waals surface area contributed by atoms with Crippen LogP contribution in [0.2, 0.25) is 5.02 Å². The van der Waals surface area contributed by atoms with Gasteiger partial charge in [-0.05, 0) is 29.8 Å². The molecule has 1 aliphatic rings. The van der Waals surface area contributed by atoms with Crippen molar-refractivity contribution in [3.63, 3.8) is 0 Å². The van der Waals surface area contributed by atoms with Gasteiger partial charge in [0.2, 0.25) is 11.9 Å². The standard InChI is InChI=1S/C25H25ClN6O2/c26-21-6-2-1-4-18(21)16-28-25-29-17-20-22(30-25)9-10-27-24(20)32-13-11-31(12-14-32)23(33)8-7-19-5-3-15-34-19/h1-6,9-10,15,17H,7-8,11-14,16H2,(H,28,29,30). The van der Waals surface area contributed by atoms with Crippen LogP contribution >= 0.6 is 11.6 Å². The minimum atomic E-state index is 0.152. The lowest BCUT2D eigenvalue weighted by Crippen LogP contribution is -2.49. The molecule has 0 aliphatic carbocycles. The molecule has 1 aliphatic heterocycles. The van der Waals surface area contributed by atoms with E-state index in [4.69, 9.17) is 16.0 Å². The summed E-state index contributed by atoms with van der Waals surface area (Å²) in [6, 6.07) is 13.3. The van der Waals surface area contributed by atoms with Gasteiger partial charge in [-0.25, -0.2) is 15.0 Å². The molecule has 0 unspecified atom stereocenters. The van der Waals surface area contributed by atoms with Gasteiger partial charge >= 0.3 is 0 Å². The van der Waals surface area contributed by atoms with Gasteiger partial charge in [-0.3, -0.25) is 4.79 Å². The van der Waals surface area contributed by atoms with Crippen LogP contribution in [0.15, 0.2) is 65.5 Å². The number of aromatic nitrogens is 3. The number of aryl methyl sites for hydroxylation is 1. The quantitative estimate of drug-likeness (QED) is 0.428. The van der Waals surface area contributed by atoms with Gasteiger partial charge < -0.3 is 19.5 Å². The number of rotatable bonds is 7. The Bertz CT molecular complexity index is 1270. The molecule has 0 radical (unpaired) electrons. The Morgan fingerprint density at radius 3 is 2.71 bits per heavy atom. The van der Waals surface area contributed by atoms with Crippen molar-refractivity contribution in [1.82, 2.24) is 19.9 Å². The van der Waals surface area contributed by atoms with Crippen LogP contribution in [-0.4, -0.2) is 51.9 Å². The highest BCUT2D eigenvalue weighted by Crippen LogP contribution is 2.25. The van der Waals surface area contributed by atoms with E-state index in [0.29, 0.717) is 56.5 Å². The molecular weight excluding hydrogens is 452 g/mol. The van der Waals surface area contributed by atoms with Crippen molar-refractivity contribution in [3.05, 3.63) is 77.5 Å². The number of nitrogens with zero attached hydrogens (tertiary/aromatic N) is 5. The number of nitrogens with one attached hydrogen (secondary N) is 1. The molecule has 1 aromatic carbocycles. The van der Waals surface area contributed by atoms with Crippen LogP contribution in [0.25, 0.3) is 10.9 Å². The maximum absolute atomic E-state index is 12.6. The minimum absolute atomic E-state index is 0.152. The van der Waals surface area contributed by atoms with E-state index in [1.807, 2.05) is 47.4 Å². The SMILES string of the molecule is O=C(CCc1ccco1)N1CCN(c2nccc3nc(NCc4ccccc4Cl)ncc23)CC1. The highest BCUT2D eigenvalue weighted by Gasteiger charge is 2.23. The number of halogens is 1. The largest absolute Gasteiger partial charge is 0.469 e. The molecule has 1 saturated heterocycles. The first-order valence-corrected chi connectivity index (χ1v) is 11.7. The number of hydrogen-bond donors (Lipinski definition) is 1. The average molecular weight is 477 g/mol. The van der Waals surface area contributed by atoms with Crippen LogP contribution in [0.3, 0.4) is 0 Å². The zero-order valence-corrected chi connectivity index (χ0v) is 19.4. The van der Waals surface area contributed by atoms with Crippen LogP contribution < -0.4 is 10.2 Å². The third-order valence-electron chi connectivity index (χ3n) is 5.98. The maximum atomic E-state index is 12.6.